The first kappa shape index (κ1) is 15.8. The maximum atomic E-state index is 9.89. The van der Waals surface area contributed by atoms with E-state index in [0.717, 1.165) is 44.9 Å². The second-order valence-corrected chi connectivity index (χ2v) is 7.73. The summed E-state index contributed by atoms with van der Waals surface area (Å²) in [4.78, 5) is 2.48. The van der Waals surface area contributed by atoms with Crippen molar-refractivity contribution < 1.29 is 0 Å². The zero-order valence-corrected chi connectivity index (χ0v) is 13.5. The summed E-state index contributed by atoms with van der Waals surface area (Å²) in [6.45, 7) is 11.3. The minimum absolute atomic E-state index is 0.188. The Morgan fingerprint density at radius 1 is 1.10 bits per heavy atom. The van der Waals surface area contributed by atoms with E-state index in [1.54, 1.807) is 0 Å². The summed E-state index contributed by atoms with van der Waals surface area (Å²) in [5.41, 5.74) is 0.192. The fraction of sp³-hybridized carbons (Fsp3) is 0.941. The molecule has 0 bridgehead atoms. The highest BCUT2D eigenvalue weighted by atomic mass is 15.2. The molecule has 20 heavy (non-hydrogen) atoms. The number of rotatable bonds is 1. The Labute approximate surface area is 124 Å². The maximum absolute atomic E-state index is 9.89. The van der Waals surface area contributed by atoms with Gasteiger partial charge >= 0.3 is 0 Å². The lowest BCUT2D eigenvalue weighted by atomic mass is 9.76. The number of hydrogen-bond donors (Lipinski definition) is 1. The molecule has 2 unspecified atom stereocenters. The topological polar surface area (TPSA) is 39.1 Å². The van der Waals surface area contributed by atoms with Gasteiger partial charge in [0.1, 0.15) is 5.54 Å². The molecule has 1 heterocycles. The SMILES string of the molecule is CC(C)(C)C1CCCC(C#N)(N2CCCNCC2)CC1. The van der Waals surface area contributed by atoms with Crippen LogP contribution in [-0.4, -0.2) is 36.6 Å². The van der Waals surface area contributed by atoms with Gasteiger partial charge in [-0.1, -0.05) is 27.2 Å². The van der Waals surface area contributed by atoms with Crippen LogP contribution in [0.1, 0.15) is 59.3 Å². The van der Waals surface area contributed by atoms with Crippen molar-refractivity contribution in [3.63, 3.8) is 0 Å². The highest BCUT2D eigenvalue weighted by Crippen LogP contribution is 2.41. The lowest BCUT2D eigenvalue weighted by molar-refractivity contribution is 0.123. The molecule has 2 rings (SSSR count). The lowest BCUT2D eigenvalue weighted by Gasteiger charge is -2.38. The molecule has 2 aliphatic rings. The molecule has 3 nitrogen and oxygen atoms in total. The van der Waals surface area contributed by atoms with Crippen LogP contribution in [0.3, 0.4) is 0 Å². The van der Waals surface area contributed by atoms with Crippen molar-refractivity contribution in [2.45, 2.75) is 64.8 Å². The molecule has 2 fully saturated rings. The van der Waals surface area contributed by atoms with Crippen LogP contribution in [0, 0.1) is 22.7 Å². The molecule has 3 heteroatoms. The molecule has 0 aromatic heterocycles. The van der Waals surface area contributed by atoms with E-state index in [1.165, 1.54) is 25.7 Å². The van der Waals surface area contributed by atoms with Gasteiger partial charge in [0.15, 0.2) is 0 Å². The Kier molecular flexibility index (Phi) is 5.09. The average molecular weight is 277 g/mol. The molecule has 1 N–H and O–H groups in total. The third kappa shape index (κ3) is 3.54. The Morgan fingerprint density at radius 3 is 2.60 bits per heavy atom. The molecule has 0 aromatic carbocycles. The number of hydrogen-bond acceptors (Lipinski definition) is 3. The summed E-state index contributed by atoms with van der Waals surface area (Å²) < 4.78 is 0. The first-order chi connectivity index (χ1) is 9.48. The van der Waals surface area contributed by atoms with E-state index in [0.29, 0.717) is 5.41 Å². The van der Waals surface area contributed by atoms with Crippen molar-refractivity contribution in [2.75, 3.05) is 26.2 Å². The minimum atomic E-state index is -0.188. The molecule has 1 aliphatic heterocycles. The summed E-state index contributed by atoms with van der Waals surface area (Å²) in [7, 11) is 0. The summed E-state index contributed by atoms with van der Waals surface area (Å²) in [5, 5.41) is 13.3. The predicted molar refractivity (Wildman–Crippen MR) is 83.4 cm³/mol. The Hall–Kier alpha value is -0.590. The molecule has 0 spiro atoms. The number of nitrogens with one attached hydrogen (secondary N) is 1. The quantitative estimate of drug-likeness (QED) is 0.748. The summed E-state index contributed by atoms with van der Waals surface area (Å²) in [5.74, 6) is 0.767. The summed E-state index contributed by atoms with van der Waals surface area (Å²) in [6.07, 6.45) is 7.01. The Balaban J connectivity index is 2.09. The monoisotopic (exact) mass is 277 g/mol. The van der Waals surface area contributed by atoms with E-state index < -0.39 is 0 Å². The Bertz CT molecular complexity index is 344. The normalized spacial score (nSPS) is 34.0. The molecule has 0 radical (unpaired) electrons. The summed E-state index contributed by atoms with van der Waals surface area (Å²) in [6, 6.07) is 2.73. The van der Waals surface area contributed by atoms with Crippen molar-refractivity contribution in [2.24, 2.45) is 11.3 Å². The smallest absolute Gasteiger partial charge is 0.109 e. The minimum Gasteiger partial charge on any atom is -0.315 e. The van der Waals surface area contributed by atoms with Crippen molar-refractivity contribution in [1.29, 1.82) is 5.26 Å². The fourth-order valence-corrected chi connectivity index (χ4v) is 3.96. The predicted octanol–water partition coefficient (Wildman–Crippen LogP) is 3.17. The van der Waals surface area contributed by atoms with Gasteiger partial charge < -0.3 is 5.32 Å². The van der Waals surface area contributed by atoms with Gasteiger partial charge in [-0.25, -0.2) is 0 Å². The molecule has 114 valence electrons. The average Bonchev–Trinajstić information content (AvgIpc) is 2.79. The molecule has 1 saturated carbocycles. The van der Waals surface area contributed by atoms with Crippen LogP contribution >= 0.6 is 0 Å². The second kappa shape index (κ2) is 6.45. The molecule has 1 aliphatic carbocycles. The van der Waals surface area contributed by atoms with Crippen LogP contribution in [0.25, 0.3) is 0 Å². The third-order valence-corrected chi connectivity index (χ3v) is 5.43. The van der Waals surface area contributed by atoms with Crippen LogP contribution in [0.2, 0.25) is 0 Å². The molecule has 2 atom stereocenters. The van der Waals surface area contributed by atoms with Gasteiger partial charge in [-0.15, -0.1) is 0 Å². The number of nitriles is 1. The van der Waals surface area contributed by atoms with Crippen LogP contribution < -0.4 is 5.32 Å². The van der Waals surface area contributed by atoms with E-state index >= 15 is 0 Å². The second-order valence-electron chi connectivity index (χ2n) is 7.73. The van der Waals surface area contributed by atoms with Crippen LogP contribution in [0.15, 0.2) is 0 Å². The fourth-order valence-electron chi connectivity index (χ4n) is 3.96. The largest absolute Gasteiger partial charge is 0.315 e. The van der Waals surface area contributed by atoms with E-state index in [4.69, 9.17) is 0 Å². The summed E-state index contributed by atoms with van der Waals surface area (Å²) >= 11 is 0. The maximum Gasteiger partial charge on any atom is 0.109 e. The van der Waals surface area contributed by atoms with Gasteiger partial charge in [0.25, 0.3) is 0 Å². The van der Waals surface area contributed by atoms with Crippen molar-refractivity contribution in [3.8, 4) is 6.07 Å². The molecule has 0 amide bonds. The standard InChI is InChI=1S/C17H31N3/c1-16(2,3)15-6-4-8-17(14-18,9-7-15)20-12-5-10-19-11-13-20/h15,19H,4-13H2,1-3H3. The zero-order valence-electron chi connectivity index (χ0n) is 13.5. The van der Waals surface area contributed by atoms with Gasteiger partial charge in [0.2, 0.25) is 0 Å². The van der Waals surface area contributed by atoms with E-state index in [9.17, 15) is 5.26 Å². The molecule has 1 saturated heterocycles. The van der Waals surface area contributed by atoms with Gasteiger partial charge in [-0.05, 0) is 50.0 Å². The zero-order chi connectivity index (χ0) is 14.6. The first-order valence-corrected chi connectivity index (χ1v) is 8.35. The van der Waals surface area contributed by atoms with E-state index in [2.05, 4.69) is 37.1 Å². The van der Waals surface area contributed by atoms with Gasteiger partial charge in [0.05, 0.1) is 6.07 Å². The van der Waals surface area contributed by atoms with E-state index in [1.807, 2.05) is 0 Å². The van der Waals surface area contributed by atoms with Crippen molar-refractivity contribution in [3.05, 3.63) is 0 Å². The first-order valence-electron chi connectivity index (χ1n) is 8.35. The van der Waals surface area contributed by atoms with Crippen LogP contribution in [-0.2, 0) is 0 Å². The Morgan fingerprint density at radius 2 is 1.90 bits per heavy atom. The van der Waals surface area contributed by atoms with Crippen molar-refractivity contribution >= 4 is 0 Å². The van der Waals surface area contributed by atoms with Crippen LogP contribution in [0.5, 0.6) is 0 Å². The third-order valence-electron chi connectivity index (χ3n) is 5.43. The van der Waals surface area contributed by atoms with Crippen molar-refractivity contribution in [1.82, 2.24) is 10.2 Å². The highest BCUT2D eigenvalue weighted by Gasteiger charge is 2.40. The molecule has 0 aromatic rings. The molecular weight excluding hydrogens is 246 g/mol. The van der Waals surface area contributed by atoms with Crippen LogP contribution in [0.4, 0.5) is 0 Å². The molecular formula is C17H31N3. The number of nitrogens with zero attached hydrogens (tertiary/aromatic N) is 2. The lowest BCUT2D eigenvalue weighted by Crippen LogP contribution is -2.49. The van der Waals surface area contributed by atoms with Gasteiger partial charge in [-0.3, -0.25) is 4.90 Å². The van der Waals surface area contributed by atoms with E-state index in [-0.39, 0.29) is 5.54 Å². The van der Waals surface area contributed by atoms with Gasteiger partial charge in [0, 0.05) is 19.6 Å². The van der Waals surface area contributed by atoms with Gasteiger partial charge in [-0.2, -0.15) is 5.26 Å². The highest BCUT2D eigenvalue weighted by molar-refractivity contribution is 5.10.